The fourth-order valence-electron chi connectivity index (χ4n) is 3.67. The van der Waals surface area contributed by atoms with Gasteiger partial charge in [0.15, 0.2) is 0 Å². The van der Waals surface area contributed by atoms with E-state index in [4.69, 9.17) is 4.74 Å². The van der Waals surface area contributed by atoms with Gasteiger partial charge in [0.1, 0.15) is 0 Å². The molecule has 1 aliphatic carbocycles. The van der Waals surface area contributed by atoms with Gasteiger partial charge in [0.25, 0.3) is 0 Å². The van der Waals surface area contributed by atoms with Gasteiger partial charge < -0.3 is 15.2 Å². The zero-order valence-electron chi connectivity index (χ0n) is 13.0. The molecule has 0 radical (unpaired) electrons. The maximum atomic E-state index is 12.1. The van der Waals surface area contributed by atoms with E-state index in [1.165, 1.54) is 5.56 Å². The average Bonchev–Trinajstić information content (AvgIpc) is 3.15. The fraction of sp³-hybridized carbons (Fsp3) is 0.611. The lowest BCUT2D eigenvalue weighted by Crippen LogP contribution is -2.37. The molecular formula is C18H25NO3. The van der Waals surface area contributed by atoms with Crippen molar-refractivity contribution in [2.45, 2.75) is 50.2 Å². The van der Waals surface area contributed by atoms with Crippen molar-refractivity contribution in [1.82, 2.24) is 5.32 Å². The molecule has 1 aromatic rings. The molecule has 0 unspecified atom stereocenters. The smallest absolute Gasteiger partial charge is 0.222 e. The molecule has 2 atom stereocenters. The summed E-state index contributed by atoms with van der Waals surface area (Å²) >= 11 is 0. The van der Waals surface area contributed by atoms with Crippen molar-refractivity contribution in [2.24, 2.45) is 5.92 Å². The van der Waals surface area contributed by atoms with Crippen LogP contribution < -0.4 is 5.32 Å². The molecule has 2 aliphatic rings. The molecule has 4 nitrogen and oxygen atoms in total. The van der Waals surface area contributed by atoms with Crippen LogP contribution >= 0.6 is 0 Å². The van der Waals surface area contributed by atoms with Crippen molar-refractivity contribution in [3.05, 3.63) is 35.9 Å². The van der Waals surface area contributed by atoms with Crippen LogP contribution in [0.5, 0.6) is 0 Å². The number of benzene rings is 1. The third-order valence-corrected chi connectivity index (χ3v) is 4.93. The maximum Gasteiger partial charge on any atom is 0.222 e. The summed E-state index contributed by atoms with van der Waals surface area (Å²) in [6, 6.07) is 10.2. The van der Waals surface area contributed by atoms with Gasteiger partial charge in [0.2, 0.25) is 5.91 Å². The molecule has 3 rings (SSSR count). The van der Waals surface area contributed by atoms with Crippen LogP contribution in [0.25, 0.3) is 0 Å². The minimum atomic E-state index is -0.769. The van der Waals surface area contributed by atoms with Crippen molar-refractivity contribution in [2.75, 3.05) is 13.2 Å². The molecule has 0 bridgehead atoms. The second kappa shape index (κ2) is 6.80. The molecule has 0 spiro atoms. The largest absolute Gasteiger partial charge is 0.389 e. The topological polar surface area (TPSA) is 58.6 Å². The molecule has 1 aliphatic heterocycles. The van der Waals surface area contributed by atoms with E-state index in [9.17, 15) is 9.90 Å². The van der Waals surface area contributed by atoms with E-state index in [1.54, 1.807) is 0 Å². The Balaban J connectivity index is 1.51. The summed E-state index contributed by atoms with van der Waals surface area (Å²) < 4.78 is 5.84. The monoisotopic (exact) mass is 303 g/mol. The third kappa shape index (κ3) is 3.68. The van der Waals surface area contributed by atoms with Gasteiger partial charge in [-0.15, -0.1) is 0 Å². The molecule has 2 fully saturated rings. The predicted molar refractivity (Wildman–Crippen MR) is 84.3 cm³/mol. The van der Waals surface area contributed by atoms with E-state index in [0.717, 1.165) is 38.7 Å². The van der Waals surface area contributed by atoms with Gasteiger partial charge in [-0.1, -0.05) is 43.2 Å². The van der Waals surface area contributed by atoms with Crippen molar-refractivity contribution in [1.29, 1.82) is 0 Å². The summed E-state index contributed by atoms with van der Waals surface area (Å²) in [5.74, 6) is 0.271. The van der Waals surface area contributed by atoms with Crippen molar-refractivity contribution < 1.29 is 14.6 Å². The van der Waals surface area contributed by atoms with E-state index in [0.29, 0.717) is 12.5 Å². The number of ether oxygens (including phenoxy) is 1. The molecule has 1 saturated heterocycles. The summed E-state index contributed by atoms with van der Waals surface area (Å²) in [6.45, 7) is 1.36. The van der Waals surface area contributed by atoms with Crippen LogP contribution in [0.2, 0.25) is 0 Å². The molecule has 1 aromatic carbocycles. The highest BCUT2D eigenvalue weighted by Gasteiger charge is 2.34. The van der Waals surface area contributed by atoms with Crippen molar-refractivity contribution in [3.63, 3.8) is 0 Å². The van der Waals surface area contributed by atoms with Crippen LogP contribution in [0, 0.1) is 5.92 Å². The van der Waals surface area contributed by atoms with Crippen LogP contribution in [0.15, 0.2) is 30.3 Å². The molecule has 22 heavy (non-hydrogen) atoms. The van der Waals surface area contributed by atoms with Crippen LogP contribution in [0.3, 0.4) is 0 Å². The Labute approximate surface area is 131 Å². The Kier molecular flexibility index (Phi) is 4.79. The number of carbonyl (C=O) groups is 1. The predicted octanol–water partition coefficient (Wildman–Crippen LogP) is 2.58. The summed E-state index contributed by atoms with van der Waals surface area (Å²) in [6.07, 6.45) is 4.81. The van der Waals surface area contributed by atoms with Gasteiger partial charge in [-0.3, -0.25) is 4.79 Å². The number of hydrogen-bond acceptors (Lipinski definition) is 3. The second-order valence-electron chi connectivity index (χ2n) is 6.66. The minimum absolute atomic E-state index is 0.0388. The Bertz CT molecular complexity index is 496. The van der Waals surface area contributed by atoms with Crippen LogP contribution in [0.1, 0.15) is 50.2 Å². The standard InChI is InChI=1S/C18H25NO3/c20-16(12-18(21)9-4-5-10-18)19-13-15-8-11-22-17(15)14-6-2-1-3-7-14/h1-3,6-7,15,17,21H,4-5,8-13H2,(H,19,20)/t15-,17-/m0/s1. The first-order valence-corrected chi connectivity index (χ1v) is 8.32. The average molecular weight is 303 g/mol. The molecule has 1 saturated carbocycles. The lowest BCUT2D eigenvalue weighted by Gasteiger charge is -2.23. The number of amides is 1. The summed E-state index contributed by atoms with van der Waals surface area (Å²) in [7, 11) is 0. The first kappa shape index (κ1) is 15.5. The highest BCUT2D eigenvalue weighted by Crippen LogP contribution is 2.34. The zero-order valence-corrected chi connectivity index (χ0v) is 13.0. The zero-order chi connectivity index (χ0) is 15.4. The molecule has 0 aromatic heterocycles. The molecule has 1 heterocycles. The number of carbonyl (C=O) groups excluding carboxylic acids is 1. The minimum Gasteiger partial charge on any atom is -0.389 e. The van der Waals surface area contributed by atoms with E-state index in [1.807, 2.05) is 18.2 Å². The van der Waals surface area contributed by atoms with Gasteiger partial charge in [-0.2, -0.15) is 0 Å². The lowest BCUT2D eigenvalue weighted by molar-refractivity contribution is -0.126. The summed E-state index contributed by atoms with van der Waals surface area (Å²) in [4.78, 5) is 12.1. The van der Waals surface area contributed by atoms with Gasteiger partial charge in [0.05, 0.1) is 18.1 Å². The van der Waals surface area contributed by atoms with Gasteiger partial charge in [-0.25, -0.2) is 0 Å². The van der Waals surface area contributed by atoms with E-state index in [2.05, 4.69) is 17.4 Å². The molecule has 120 valence electrons. The number of aliphatic hydroxyl groups is 1. The van der Waals surface area contributed by atoms with Crippen molar-refractivity contribution in [3.8, 4) is 0 Å². The highest BCUT2D eigenvalue weighted by molar-refractivity contribution is 5.77. The van der Waals surface area contributed by atoms with Crippen LogP contribution in [-0.2, 0) is 9.53 Å². The summed E-state index contributed by atoms with van der Waals surface area (Å²) in [5, 5.41) is 13.3. The van der Waals surface area contributed by atoms with E-state index in [-0.39, 0.29) is 18.4 Å². The normalized spacial score (nSPS) is 27.0. The number of nitrogens with one attached hydrogen (secondary N) is 1. The van der Waals surface area contributed by atoms with Crippen molar-refractivity contribution >= 4 is 5.91 Å². The van der Waals surface area contributed by atoms with Gasteiger partial charge in [-0.05, 0) is 24.8 Å². The third-order valence-electron chi connectivity index (χ3n) is 4.93. The van der Waals surface area contributed by atoms with Crippen LogP contribution in [0.4, 0.5) is 0 Å². The molecule has 4 heteroatoms. The number of rotatable bonds is 5. The Hall–Kier alpha value is -1.39. The van der Waals surface area contributed by atoms with E-state index < -0.39 is 5.60 Å². The second-order valence-corrected chi connectivity index (χ2v) is 6.66. The van der Waals surface area contributed by atoms with Crippen LogP contribution in [-0.4, -0.2) is 29.8 Å². The fourth-order valence-corrected chi connectivity index (χ4v) is 3.67. The Morgan fingerprint density at radius 3 is 2.73 bits per heavy atom. The lowest BCUT2D eigenvalue weighted by atomic mass is 9.94. The highest BCUT2D eigenvalue weighted by atomic mass is 16.5. The Morgan fingerprint density at radius 2 is 2.00 bits per heavy atom. The molecule has 2 N–H and O–H groups in total. The Morgan fingerprint density at radius 1 is 1.27 bits per heavy atom. The first-order chi connectivity index (χ1) is 10.7. The van der Waals surface area contributed by atoms with E-state index >= 15 is 0 Å². The number of hydrogen-bond donors (Lipinski definition) is 2. The quantitative estimate of drug-likeness (QED) is 0.879. The van der Waals surface area contributed by atoms with Gasteiger partial charge >= 0.3 is 0 Å². The van der Waals surface area contributed by atoms with Gasteiger partial charge in [0, 0.05) is 19.1 Å². The summed E-state index contributed by atoms with van der Waals surface area (Å²) in [5.41, 5.74) is 0.406. The molecule has 1 amide bonds. The first-order valence-electron chi connectivity index (χ1n) is 8.32. The molecular weight excluding hydrogens is 278 g/mol. The SMILES string of the molecule is O=C(CC1(O)CCCC1)NC[C@@H]1CCO[C@H]1c1ccccc1. The maximum absolute atomic E-state index is 12.1.